The van der Waals surface area contributed by atoms with Crippen LogP contribution in [-0.2, 0) is 6.18 Å². The Balaban J connectivity index is 2.24. The Hall–Kier alpha value is -2.84. The molecule has 0 aliphatic carbocycles. The molecular formula is C15H15F3N6. The summed E-state index contributed by atoms with van der Waals surface area (Å²) in [6.45, 7) is 0. The van der Waals surface area contributed by atoms with Crippen molar-refractivity contribution in [2.24, 2.45) is 0 Å². The van der Waals surface area contributed by atoms with Gasteiger partial charge in [-0.25, -0.2) is 15.0 Å². The molecule has 0 saturated carbocycles. The van der Waals surface area contributed by atoms with Crippen LogP contribution in [-0.4, -0.2) is 40.7 Å². The van der Waals surface area contributed by atoms with Crippen molar-refractivity contribution in [3.05, 3.63) is 36.4 Å². The number of nitrogens with zero attached hydrogens (tertiary/aromatic N) is 5. The zero-order valence-corrected chi connectivity index (χ0v) is 13.3. The second kappa shape index (κ2) is 5.66. The average molecular weight is 336 g/mol. The molecular weight excluding hydrogens is 321 g/mol. The molecule has 1 N–H and O–H groups in total. The van der Waals surface area contributed by atoms with E-state index in [-0.39, 0.29) is 17.0 Å². The van der Waals surface area contributed by atoms with Gasteiger partial charge in [0.2, 0.25) is 5.82 Å². The van der Waals surface area contributed by atoms with Gasteiger partial charge in [0.05, 0.1) is 5.69 Å². The van der Waals surface area contributed by atoms with Crippen LogP contribution in [0.3, 0.4) is 0 Å². The van der Waals surface area contributed by atoms with Crippen molar-refractivity contribution in [2.45, 2.75) is 6.18 Å². The van der Waals surface area contributed by atoms with Crippen molar-refractivity contribution in [3.63, 3.8) is 0 Å². The second-order valence-corrected chi connectivity index (χ2v) is 5.34. The second-order valence-electron chi connectivity index (χ2n) is 5.34. The van der Waals surface area contributed by atoms with E-state index in [4.69, 9.17) is 0 Å². The highest BCUT2D eigenvalue weighted by Gasteiger charge is 2.36. The van der Waals surface area contributed by atoms with E-state index in [9.17, 15) is 13.2 Å². The first-order valence-electron chi connectivity index (χ1n) is 7.09. The quantitative estimate of drug-likeness (QED) is 0.797. The minimum atomic E-state index is -4.64. The summed E-state index contributed by atoms with van der Waals surface area (Å²) in [7, 11) is 5.26. The molecule has 0 radical (unpaired) electrons. The third kappa shape index (κ3) is 2.72. The molecule has 1 aromatic carbocycles. The summed E-state index contributed by atoms with van der Waals surface area (Å²) in [4.78, 5) is 13.2. The van der Waals surface area contributed by atoms with Crippen LogP contribution in [0.2, 0.25) is 0 Å². The maximum Gasteiger partial charge on any atom is 0.451 e. The Morgan fingerprint density at radius 2 is 1.92 bits per heavy atom. The lowest BCUT2D eigenvalue weighted by Gasteiger charge is -2.14. The molecule has 24 heavy (non-hydrogen) atoms. The van der Waals surface area contributed by atoms with E-state index < -0.39 is 12.0 Å². The first kappa shape index (κ1) is 16.0. The number of halogens is 3. The van der Waals surface area contributed by atoms with Crippen LogP contribution in [0.1, 0.15) is 5.82 Å². The zero-order chi connectivity index (χ0) is 17.5. The van der Waals surface area contributed by atoms with Crippen molar-refractivity contribution in [3.8, 4) is 5.69 Å². The lowest BCUT2D eigenvalue weighted by molar-refractivity contribution is -0.144. The van der Waals surface area contributed by atoms with Crippen LogP contribution < -0.4 is 10.2 Å². The number of hydrogen-bond donors (Lipinski definition) is 1. The molecule has 0 amide bonds. The summed E-state index contributed by atoms with van der Waals surface area (Å²) in [6, 6.07) is 7.34. The molecule has 0 fully saturated rings. The summed E-state index contributed by atoms with van der Waals surface area (Å²) in [5, 5.41) is 2.64. The molecule has 0 aliphatic rings. The zero-order valence-electron chi connectivity index (χ0n) is 13.3. The number of aromatic nitrogens is 4. The third-order valence-corrected chi connectivity index (χ3v) is 3.51. The Labute approximate surface area is 136 Å². The summed E-state index contributed by atoms with van der Waals surface area (Å²) >= 11 is 0. The molecule has 0 aliphatic heterocycles. The maximum absolute atomic E-state index is 13.1. The summed E-state index contributed by atoms with van der Waals surface area (Å²) in [5.74, 6) is -1.17. The topological polar surface area (TPSA) is 58.9 Å². The Bertz CT molecular complexity index is 885. The molecule has 6 nitrogen and oxygen atoms in total. The Morgan fingerprint density at radius 1 is 1.17 bits per heavy atom. The SMILES string of the molecule is CNc1nc(C(F)(F)F)nc2c1ncn2-c1cccc(N(C)C)c1. The molecule has 126 valence electrons. The fourth-order valence-corrected chi connectivity index (χ4v) is 2.31. The van der Waals surface area contributed by atoms with Crippen LogP contribution in [0.5, 0.6) is 0 Å². The lowest BCUT2D eigenvalue weighted by atomic mass is 10.2. The van der Waals surface area contributed by atoms with Crippen LogP contribution in [0.15, 0.2) is 30.6 Å². The van der Waals surface area contributed by atoms with Gasteiger partial charge in [0.25, 0.3) is 0 Å². The monoisotopic (exact) mass is 336 g/mol. The molecule has 0 atom stereocenters. The van der Waals surface area contributed by atoms with Gasteiger partial charge in [-0.05, 0) is 18.2 Å². The van der Waals surface area contributed by atoms with E-state index in [0.29, 0.717) is 5.69 Å². The van der Waals surface area contributed by atoms with Gasteiger partial charge in [-0.3, -0.25) is 4.57 Å². The molecule has 9 heteroatoms. The average Bonchev–Trinajstić information content (AvgIpc) is 2.97. The van der Waals surface area contributed by atoms with Gasteiger partial charge in [0.15, 0.2) is 17.0 Å². The normalized spacial score (nSPS) is 11.8. The highest BCUT2D eigenvalue weighted by atomic mass is 19.4. The predicted octanol–water partition coefficient (Wildman–Crippen LogP) is 2.94. The third-order valence-electron chi connectivity index (χ3n) is 3.51. The molecule has 3 rings (SSSR count). The van der Waals surface area contributed by atoms with Crippen LogP contribution in [0.4, 0.5) is 24.7 Å². The van der Waals surface area contributed by atoms with Gasteiger partial charge in [0, 0.05) is 26.8 Å². The van der Waals surface area contributed by atoms with E-state index >= 15 is 0 Å². The molecule has 2 aromatic heterocycles. The van der Waals surface area contributed by atoms with Crippen LogP contribution >= 0.6 is 0 Å². The van der Waals surface area contributed by atoms with E-state index in [1.54, 1.807) is 6.07 Å². The summed E-state index contributed by atoms with van der Waals surface area (Å²) < 4.78 is 40.7. The molecule has 2 heterocycles. The van der Waals surface area contributed by atoms with Gasteiger partial charge in [-0.1, -0.05) is 6.07 Å². The minimum absolute atomic E-state index is 0.0369. The maximum atomic E-state index is 13.1. The van der Waals surface area contributed by atoms with Crippen molar-refractivity contribution in [2.75, 3.05) is 31.4 Å². The number of nitrogens with one attached hydrogen (secondary N) is 1. The number of hydrogen-bond acceptors (Lipinski definition) is 5. The number of fused-ring (bicyclic) bond motifs is 1. The molecule has 0 saturated heterocycles. The molecule has 0 unspecified atom stereocenters. The number of rotatable bonds is 3. The van der Waals surface area contributed by atoms with Crippen molar-refractivity contribution < 1.29 is 13.2 Å². The number of imidazole rings is 1. The Morgan fingerprint density at radius 3 is 2.54 bits per heavy atom. The van der Waals surface area contributed by atoms with Gasteiger partial charge >= 0.3 is 6.18 Å². The number of benzene rings is 1. The van der Waals surface area contributed by atoms with Crippen LogP contribution in [0.25, 0.3) is 16.9 Å². The largest absolute Gasteiger partial charge is 0.451 e. The van der Waals surface area contributed by atoms with E-state index in [2.05, 4.69) is 20.3 Å². The fraction of sp³-hybridized carbons (Fsp3) is 0.267. The first-order valence-corrected chi connectivity index (χ1v) is 7.09. The minimum Gasteiger partial charge on any atom is -0.378 e. The standard InChI is InChI=1S/C15H15F3N6/c1-19-12-11-13(22-14(21-12)15(16,17)18)24(8-20-11)10-6-4-5-9(7-10)23(2)3/h4-8H,1-3H3,(H,19,21,22). The molecule has 0 bridgehead atoms. The summed E-state index contributed by atoms with van der Waals surface area (Å²) in [5.41, 5.74) is 1.95. The summed E-state index contributed by atoms with van der Waals surface area (Å²) in [6.07, 6.45) is -3.20. The van der Waals surface area contributed by atoms with E-state index in [1.807, 2.05) is 37.2 Å². The molecule has 0 spiro atoms. The Kier molecular flexibility index (Phi) is 3.78. The highest BCUT2D eigenvalue weighted by Crippen LogP contribution is 2.30. The highest BCUT2D eigenvalue weighted by molar-refractivity contribution is 5.84. The number of alkyl halides is 3. The smallest absolute Gasteiger partial charge is 0.378 e. The lowest BCUT2D eigenvalue weighted by Crippen LogP contribution is -2.13. The van der Waals surface area contributed by atoms with Gasteiger partial charge in [-0.15, -0.1) is 0 Å². The molecule has 3 aromatic rings. The van der Waals surface area contributed by atoms with Gasteiger partial charge < -0.3 is 10.2 Å². The van der Waals surface area contributed by atoms with Crippen LogP contribution in [0, 0.1) is 0 Å². The van der Waals surface area contributed by atoms with Crippen molar-refractivity contribution >= 4 is 22.7 Å². The first-order chi connectivity index (χ1) is 11.3. The van der Waals surface area contributed by atoms with E-state index in [1.165, 1.54) is 17.9 Å². The predicted molar refractivity (Wildman–Crippen MR) is 85.5 cm³/mol. The fourth-order valence-electron chi connectivity index (χ4n) is 2.31. The van der Waals surface area contributed by atoms with Gasteiger partial charge in [0.1, 0.15) is 6.33 Å². The van der Waals surface area contributed by atoms with Crippen molar-refractivity contribution in [1.29, 1.82) is 0 Å². The number of anilines is 2. The van der Waals surface area contributed by atoms with Gasteiger partial charge in [-0.2, -0.15) is 13.2 Å². The van der Waals surface area contributed by atoms with Crippen molar-refractivity contribution in [1.82, 2.24) is 19.5 Å². The van der Waals surface area contributed by atoms with E-state index in [0.717, 1.165) is 5.69 Å².